The summed E-state index contributed by atoms with van der Waals surface area (Å²) in [7, 11) is 0. The van der Waals surface area contributed by atoms with E-state index in [0.717, 1.165) is 21.2 Å². The summed E-state index contributed by atoms with van der Waals surface area (Å²) >= 11 is 0. The minimum Gasteiger partial charge on any atom is -0.354 e. The third kappa shape index (κ3) is 5.83. The van der Waals surface area contributed by atoms with E-state index in [9.17, 15) is 14.9 Å². The number of nitrogens with one attached hydrogen (secondary N) is 1. The van der Waals surface area contributed by atoms with Crippen molar-refractivity contribution < 1.29 is 9.18 Å². The van der Waals surface area contributed by atoms with Crippen LogP contribution in [0.4, 0.5) is 16.2 Å². The van der Waals surface area contributed by atoms with Crippen LogP contribution in [0.3, 0.4) is 0 Å². The predicted molar refractivity (Wildman–Crippen MR) is 155 cm³/mol. The zero-order chi connectivity index (χ0) is 29.8. The van der Waals surface area contributed by atoms with Gasteiger partial charge in [0.25, 0.3) is 0 Å². The molecule has 0 bridgehead atoms. The second kappa shape index (κ2) is 12.2. The highest BCUT2D eigenvalue weighted by Crippen LogP contribution is 2.29. The first-order valence-electron chi connectivity index (χ1n) is 13.7. The van der Waals surface area contributed by atoms with E-state index in [0.29, 0.717) is 48.1 Å². The van der Waals surface area contributed by atoms with Gasteiger partial charge in [0, 0.05) is 63.3 Å². The van der Waals surface area contributed by atoms with Crippen molar-refractivity contribution >= 4 is 17.7 Å². The highest BCUT2D eigenvalue weighted by Gasteiger charge is 2.28. The van der Waals surface area contributed by atoms with Gasteiger partial charge in [0.2, 0.25) is 11.9 Å². The van der Waals surface area contributed by atoms with E-state index in [4.69, 9.17) is 0 Å². The highest BCUT2D eigenvalue weighted by atomic mass is 19.1. The van der Waals surface area contributed by atoms with Crippen molar-refractivity contribution in [2.45, 2.75) is 39.8 Å². The molecule has 5 rings (SSSR count). The number of hydrogen-bond donors (Lipinski definition) is 1. The molecule has 0 radical (unpaired) electrons. The van der Waals surface area contributed by atoms with Gasteiger partial charge in [-0.1, -0.05) is 13.0 Å². The van der Waals surface area contributed by atoms with Crippen LogP contribution in [0, 0.1) is 17.1 Å². The molecule has 12 nitrogen and oxygen atoms in total. The van der Waals surface area contributed by atoms with E-state index in [1.54, 1.807) is 18.3 Å². The van der Waals surface area contributed by atoms with Crippen LogP contribution in [0.5, 0.6) is 0 Å². The first-order chi connectivity index (χ1) is 20.3. The highest BCUT2D eigenvalue weighted by molar-refractivity contribution is 5.72. The molecule has 1 aliphatic heterocycles. The van der Waals surface area contributed by atoms with Gasteiger partial charge in [-0.05, 0) is 42.7 Å². The van der Waals surface area contributed by atoms with Crippen LogP contribution in [0.2, 0.25) is 0 Å². The van der Waals surface area contributed by atoms with Crippen molar-refractivity contribution in [1.29, 1.82) is 5.26 Å². The summed E-state index contributed by atoms with van der Waals surface area (Å²) in [4.78, 5) is 41.6. The molecule has 216 valence electrons. The predicted octanol–water partition coefficient (Wildman–Crippen LogP) is 2.31. The SMILES string of the molecule is CCc1cnc(N2CCN(c3ncc(-c4ccc(-n5cnn(CCNC(C)=O)c5=O)c(F)c4)cc3C#N)[C@@H](C)C2)nc1. The number of benzene rings is 1. The third-order valence-corrected chi connectivity index (χ3v) is 7.24. The molecule has 0 aliphatic carbocycles. The average molecular weight is 571 g/mol. The van der Waals surface area contributed by atoms with E-state index < -0.39 is 11.5 Å². The summed E-state index contributed by atoms with van der Waals surface area (Å²) in [5.41, 5.74) is 2.09. The number of anilines is 2. The zero-order valence-corrected chi connectivity index (χ0v) is 23.7. The van der Waals surface area contributed by atoms with Gasteiger partial charge in [-0.3, -0.25) is 4.79 Å². The number of aromatic nitrogens is 6. The van der Waals surface area contributed by atoms with Gasteiger partial charge in [-0.15, -0.1) is 0 Å². The largest absolute Gasteiger partial charge is 0.354 e. The third-order valence-electron chi connectivity index (χ3n) is 7.24. The number of nitriles is 1. The van der Waals surface area contributed by atoms with Crippen molar-refractivity contribution in [2.75, 3.05) is 36.0 Å². The number of amides is 1. The average Bonchev–Trinajstić information content (AvgIpc) is 3.36. The minimum absolute atomic E-state index is 0.0413. The lowest BCUT2D eigenvalue weighted by atomic mass is 10.0. The van der Waals surface area contributed by atoms with E-state index in [1.165, 1.54) is 25.4 Å². The summed E-state index contributed by atoms with van der Waals surface area (Å²) in [6.45, 7) is 7.90. The Morgan fingerprint density at radius 2 is 1.93 bits per heavy atom. The van der Waals surface area contributed by atoms with Crippen LogP contribution in [-0.4, -0.2) is 67.4 Å². The summed E-state index contributed by atoms with van der Waals surface area (Å²) in [6, 6.07) is 8.46. The van der Waals surface area contributed by atoms with E-state index in [1.807, 2.05) is 12.4 Å². The van der Waals surface area contributed by atoms with Crippen LogP contribution in [0.1, 0.15) is 31.9 Å². The second-order valence-electron chi connectivity index (χ2n) is 10.1. The Labute approximate surface area is 242 Å². The Balaban J connectivity index is 1.32. The number of halogens is 1. The van der Waals surface area contributed by atoms with Crippen molar-refractivity contribution in [3.63, 3.8) is 0 Å². The van der Waals surface area contributed by atoms with E-state index in [-0.39, 0.29) is 30.7 Å². The summed E-state index contributed by atoms with van der Waals surface area (Å²) in [5.74, 6) is 0.419. The molecule has 3 aromatic heterocycles. The number of carbonyl (C=O) groups excluding carboxylic acids is 1. The van der Waals surface area contributed by atoms with Crippen molar-refractivity contribution in [3.05, 3.63) is 76.6 Å². The fourth-order valence-electron chi connectivity index (χ4n) is 4.95. The topological polar surface area (TPSA) is 138 Å². The molecule has 1 aliphatic rings. The van der Waals surface area contributed by atoms with Gasteiger partial charge in [0.05, 0.1) is 17.8 Å². The Morgan fingerprint density at radius 3 is 2.60 bits per heavy atom. The number of carbonyl (C=O) groups is 1. The number of rotatable bonds is 8. The van der Waals surface area contributed by atoms with Gasteiger partial charge >= 0.3 is 5.69 Å². The van der Waals surface area contributed by atoms with Gasteiger partial charge < -0.3 is 15.1 Å². The normalized spacial score (nSPS) is 15.0. The molecule has 42 heavy (non-hydrogen) atoms. The Bertz CT molecular complexity index is 1690. The molecule has 1 N–H and O–H groups in total. The van der Waals surface area contributed by atoms with Crippen LogP contribution in [0.15, 0.2) is 54.0 Å². The van der Waals surface area contributed by atoms with Crippen LogP contribution in [-0.2, 0) is 17.8 Å². The molecule has 4 heterocycles. The Morgan fingerprint density at radius 1 is 1.14 bits per heavy atom. The molecule has 1 aromatic carbocycles. The molecule has 0 saturated carbocycles. The molecule has 1 atom stereocenters. The lowest BCUT2D eigenvalue weighted by Crippen LogP contribution is -2.53. The summed E-state index contributed by atoms with van der Waals surface area (Å²) in [5, 5.41) is 16.6. The van der Waals surface area contributed by atoms with Crippen molar-refractivity contribution in [3.8, 4) is 22.9 Å². The maximum Gasteiger partial charge on any atom is 0.350 e. The lowest BCUT2D eigenvalue weighted by molar-refractivity contribution is -0.119. The monoisotopic (exact) mass is 570 g/mol. The maximum absolute atomic E-state index is 15.2. The van der Waals surface area contributed by atoms with Gasteiger partial charge in [-0.25, -0.2) is 33.4 Å². The van der Waals surface area contributed by atoms with Crippen LogP contribution < -0.4 is 20.8 Å². The minimum atomic E-state index is -0.627. The smallest absolute Gasteiger partial charge is 0.350 e. The molecule has 13 heteroatoms. The fraction of sp³-hybridized carbons (Fsp3) is 0.345. The fourth-order valence-corrected chi connectivity index (χ4v) is 4.95. The first-order valence-corrected chi connectivity index (χ1v) is 13.7. The molecular weight excluding hydrogens is 539 g/mol. The summed E-state index contributed by atoms with van der Waals surface area (Å²) in [6.07, 6.45) is 7.46. The number of aryl methyl sites for hydroxylation is 1. The van der Waals surface area contributed by atoms with E-state index >= 15 is 4.39 Å². The van der Waals surface area contributed by atoms with Crippen LogP contribution in [0.25, 0.3) is 16.8 Å². The quantitative estimate of drug-likeness (QED) is 0.338. The number of pyridine rings is 1. The molecule has 1 amide bonds. The van der Waals surface area contributed by atoms with E-state index in [2.05, 4.69) is 55.1 Å². The van der Waals surface area contributed by atoms with Gasteiger partial charge in [0.15, 0.2) is 0 Å². The molecule has 1 fully saturated rings. The van der Waals surface area contributed by atoms with Crippen molar-refractivity contribution in [2.24, 2.45) is 0 Å². The molecule has 4 aromatic rings. The lowest BCUT2D eigenvalue weighted by Gasteiger charge is -2.40. The molecule has 1 saturated heterocycles. The first kappa shape index (κ1) is 28.4. The van der Waals surface area contributed by atoms with Crippen molar-refractivity contribution in [1.82, 2.24) is 34.6 Å². The van der Waals surface area contributed by atoms with Crippen LogP contribution >= 0.6 is 0 Å². The number of hydrogen-bond acceptors (Lipinski definition) is 9. The Hall–Kier alpha value is -5.12. The number of nitrogens with zero attached hydrogens (tertiary/aromatic N) is 9. The van der Waals surface area contributed by atoms with Gasteiger partial charge in [0.1, 0.15) is 24.0 Å². The number of piperazine rings is 1. The second-order valence-corrected chi connectivity index (χ2v) is 10.1. The standard InChI is InChI=1S/C29H31FN10O2/c1-4-21-14-34-28(35-15-21)37-9-10-38(19(2)17-37)27-23(13-31)11-24(16-33-27)22-5-6-26(25(30)12-22)39-18-36-40(29(39)42)8-7-32-20(3)41/h5-6,11-12,14-16,18-19H,4,7-10,17H2,1-3H3,(H,32,41)/t19-/m0/s1. The maximum atomic E-state index is 15.2. The Kier molecular flexibility index (Phi) is 8.24. The molecule has 0 spiro atoms. The van der Waals surface area contributed by atoms with Gasteiger partial charge in [-0.2, -0.15) is 10.4 Å². The molecular formula is C29H31FN10O2. The molecule has 0 unspecified atom stereocenters. The summed E-state index contributed by atoms with van der Waals surface area (Å²) < 4.78 is 17.5. The zero-order valence-electron chi connectivity index (χ0n) is 23.7.